The van der Waals surface area contributed by atoms with Crippen molar-refractivity contribution in [3.8, 4) is 33.8 Å². The largest absolute Gasteiger partial charge is 0.453 e. The molecule has 2 aromatic carbocycles. The van der Waals surface area contributed by atoms with Gasteiger partial charge in [0, 0.05) is 36.6 Å². The van der Waals surface area contributed by atoms with Crippen LogP contribution in [0.3, 0.4) is 0 Å². The summed E-state index contributed by atoms with van der Waals surface area (Å²) in [7, 11) is 2.56. The van der Waals surface area contributed by atoms with Crippen molar-refractivity contribution in [2.24, 2.45) is 5.92 Å². The Morgan fingerprint density at radius 1 is 0.754 bits per heavy atom. The topological polar surface area (TPSA) is 200 Å². The number of alkyl carbamates (subject to hydrolysis) is 2. The number of hydrogen-bond donors (Lipinski definition) is 4. The van der Waals surface area contributed by atoms with Crippen molar-refractivity contribution in [1.29, 1.82) is 0 Å². The normalized spacial score (nSPS) is 17.8. The Bertz CT molecular complexity index is 2230. The third-order valence-electron chi connectivity index (χ3n) is 10.8. The summed E-state index contributed by atoms with van der Waals surface area (Å²) in [5, 5.41) is 5.33. The third-order valence-corrected chi connectivity index (χ3v) is 10.8. The summed E-state index contributed by atoms with van der Waals surface area (Å²) < 4.78 is 9.46. The van der Waals surface area contributed by atoms with Crippen LogP contribution >= 0.6 is 0 Å². The number of methoxy groups -OCH3 is 2. The first-order valence-electron chi connectivity index (χ1n) is 19.4. The predicted molar refractivity (Wildman–Crippen MR) is 211 cm³/mol. The first-order valence-corrected chi connectivity index (χ1v) is 19.4. The molecule has 0 spiro atoms. The van der Waals surface area contributed by atoms with Gasteiger partial charge >= 0.3 is 12.2 Å². The minimum atomic E-state index is -0.697. The Morgan fingerprint density at radius 2 is 1.37 bits per heavy atom. The lowest BCUT2D eigenvalue weighted by Crippen LogP contribution is -2.51. The zero-order valence-corrected chi connectivity index (χ0v) is 32.7. The molecule has 0 aliphatic carbocycles. The molecule has 4 atom stereocenters. The third kappa shape index (κ3) is 8.16. The van der Waals surface area contributed by atoms with E-state index in [2.05, 4.69) is 35.6 Å². The van der Waals surface area contributed by atoms with E-state index in [0.717, 1.165) is 64.7 Å². The number of aromatic nitrogens is 6. The van der Waals surface area contributed by atoms with E-state index in [0.29, 0.717) is 37.0 Å². The van der Waals surface area contributed by atoms with Crippen LogP contribution in [-0.2, 0) is 19.1 Å². The number of aromatic amines is 2. The fraction of sp³-hybridized carbons (Fsp3) is 0.415. The number of carbonyl (C=O) groups is 4. The molecule has 0 bridgehead atoms. The molecule has 5 aromatic rings. The summed E-state index contributed by atoms with van der Waals surface area (Å²) in [4.78, 5) is 80.0. The molecule has 16 heteroatoms. The zero-order valence-electron chi connectivity index (χ0n) is 32.7. The van der Waals surface area contributed by atoms with Gasteiger partial charge < -0.3 is 39.9 Å². The van der Waals surface area contributed by atoms with Gasteiger partial charge in [0.15, 0.2) is 5.82 Å². The first-order chi connectivity index (χ1) is 27.6. The average Bonchev–Trinajstić information content (AvgIpc) is 4.07. The van der Waals surface area contributed by atoms with Gasteiger partial charge in [-0.1, -0.05) is 51.1 Å². The highest BCUT2D eigenvalue weighted by atomic mass is 16.5. The second-order valence-corrected chi connectivity index (χ2v) is 14.7. The summed E-state index contributed by atoms with van der Waals surface area (Å²) in [6, 6.07) is 12.0. The number of ether oxygens (including phenoxy) is 2. The molecule has 4 N–H and O–H groups in total. The Balaban J connectivity index is 1.01. The van der Waals surface area contributed by atoms with Crippen molar-refractivity contribution >= 4 is 35.0 Å². The quantitative estimate of drug-likeness (QED) is 0.125. The molecule has 2 saturated heterocycles. The van der Waals surface area contributed by atoms with Crippen molar-refractivity contribution in [3.05, 3.63) is 72.7 Å². The summed E-state index contributed by atoms with van der Waals surface area (Å²) in [5.41, 5.74) is 6.00. The number of rotatable bonds is 11. The molecule has 4 amide bonds. The van der Waals surface area contributed by atoms with Gasteiger partial charge in [0.1, 0.15) is 23.7 Å². The molecule has 5 heterocycles. The van der Waals surface area contributed by atoms with E-state index < -0.39 is 24.3 Å². The molecule has 2 fully saturated rings. The smallest absolute Gasteiger partial charge is 0.407 e. The Morgan fingerprint density at radius 3 is 2.02 bits per heavy atom. The number of hydrogen-bond acceptors (Lipinski definition) is 10. The molecular formula is C41H48N10O6. The lowest BCUT2D eigenvalue weighted by molar-refractivity contribution is -0.135. The second kappa shape index (κ2) is 16.8. The van der Waals surface area contributed by atoms with E-state index in [1.54, 1.807) is 28.4 Å². The molecule has 3 aromatic heterocycles. The monoisotopic (exact) mass is 776 g/mol. The van der Waals surface area contributed by atoms with Gasteiger partial charge in [0.2, 0.25) is 11.8 Å². The van der Waals surface area contributed by atoms with Crippen molar-refractivity contribution < 1.29 is 28.7 Å². The van der Waals surface area contributed by atoms with Gasteiger partial charge in [-0.2, -0.15) is 0 Å². The van der Waals surface area contributed by atoms with Crippen molar-refractivity contribution in [1.82, 2.24) is 50.3 Å². The van der Waals surface area contributed by atoms with Crippen molar-refractivity contribution in [3.63, 3.8) is 0 Å². The number of carbonyl (C=O) groups excluding carboxylic acids is 4. The summed E-state index contributed by atoms with van der Waals surface area (Å²) in [5.74, 6) is 1.58. The number of nitrogens with one attached hydrogen (secondary N) is 4. The molecule has 16 nitrogen and oxygen atoms in total. The highest BCUT2D eigenvalue weighted by Gasteiger charge is 2.38. The molecule has 2 aliphatic heterocycles. The lowest BCUT2D eigenvalue weighted by Gasteiger charge is -2.30. The van der Waals surface area contributed by atoms with Crippen LogP contribution in [0, 0.1) is 5.92 Å². The van der Waals surface area contributed by atoms with Crippen LogP contribution in [0.1, 0.15) is 76.6 Å². The fourth-order valence-electron chi connectivity index (χ4n) is 7.69. The maximum atomic E-state index is 13.5. The molecule has 2 aliphatic rings. The number of benzene rings is 2. The zero-order chi connectivity index (χ0) is 40.2. The van der Waals surface area contributed by atoms with Crippen LogP contribution in [0.5, 0.6) is 0 Å². The van der Waals surface area contributed by atoms with Gasteiger partial charge in [-0.05, 0) is 61.3 Å². The van der Waals surface area contributed by atoms with E-state index in [1.165, 1.54) is 14.2 Å². The highest BCUT2D eigenvalue weighted by Crippen LogP contribution is 2.35. The molecule has 57 heavy (non-hydrogen) atoms. The number of nitrogens with zero attached hydrogens (tertiary/aromatic N) is 6. The van der Waals surface area contributed by atoms with Crippen LogP contribution < -0.4 is 10.6 Å². The molecule has 7 rings (SSSR count). The number of fused-ring (bicyclic) bond motifs is 1. The molecule has 0 saturated carbocycles. The maximum Gasteiger partial charge on any atom is 0.407 e. The first kappa shape index (κ1) is 38.9. The predicted octanol–water partition coefficient (Wildman–Crippen LogP) is 5.92. The Kier molecular flexibility index (Phi) is 11.5. The molecule has 1 unspecified atom stereocenters. The molecular weight excluding hydrogens is 729 g/mol. The van der Waals surface area contributed by atoms with Crippen LogP contribution in [0.2, 0.25) is 0 Å². The summed E-state index contributed by atoms with van der Waals surface area (Å²) in [6.07, 6.45) is 7.77. The number of amides is 4. The molecule has 0 radical (unpaired) electrons. The Hall–Kier alpha value is -6.32. The average molecular weight is 777 g/mol. The summed E-state index contributed by atoms with van der Waals surface area (Å²) >= 11 is 0. The lowest BCUT2D eigenvalue weighted by atomic mass is 10.0. The van der Waals surface area contributed by atoms with E-state index in [1.807, 2.05) is 63.2 Å². The van der Waals surface area contributed by atoms with E-state index in [4.69, 9.17) is 14.5 Å². The number of imidazole rings is 2. The SMILES string of the molecule is CC[C@@H](NC(=O)OC)C(=O)N1CCC[C@H]1c1nc2ccc(-c3cnc(-c4ccc(-c5cnc(C6CCCN6C(=O)[C@@H](NC(=O)OC)C(C)C)[nH]5)cc4)nc3)cc2[nH]1. The number of H-pyrrole nitrogens is 2. The van der Waals surface area contributed by atoms with Gasteiger partial charge in [0.25, 0.3) is 0 Å². The van der Waals surface area contributed by atoms with Crippen LogP contribution in [0.25, 0.3) is 44.8 Å². The van der Waals surface area contributed by atoms with Crippen LogP contribution in [-0.4, -0.2) is 103 Å². The minimum absolute atomic E-state index is 0.113. The maximum absolute atomic E-state index is 13.5. The van der Waals surface area contributed by atoms with E-state index in [9.17, 15) is 19.2 Å². The van der Waals surface area contributed by atoms with Gasteiger partial charge in [-0.15, -0.1) is 0 Å². The molecule has 298 valence electrons. The highest BCUT2D eigenvalue weighted by molar-refractivity contribution is 5.87. The minimum Gasteiger partial charge on any atom is -0.453 e. The van der Waals surface area contributed by atoms with Gasteiger partial charge in [0.05, 0.1) is 49.2 Å². The van der Waals surface area contributed by atoms with Gasteiger partial charge in [-0.3, -0.25) is 9.59 Å². The van der Waals surface area contributed by atoms with Gasteiger partial charge in [-0.25, -0.2) is 29.5 Å². The number of likely N-dealkylation sites (tertiary alicyclic amines) is 2. The van der Waals surface area contributed by atoms with E-state index >= 15 is 0 Å². The fourth-order valence-corrected chi connectivity index (χ4v) is 7.69. The van der Waals surface area contributed by atoms with Crippen molar-refractivity contribution in [2.75, 3.05) is 27.3 Å². The van der Waals surface area contributed by atoms with Crippen LogP contribution in [0.4, 0.5) is 9.59 Å². The van der Waals surface area contributed by atoms with Crippen LogP contribution in [0.15, 0.2) is 61.1 Å². The standard InChI is InChI=1S/C41H48N10O6/c1-6-28(48-40(54)56-4)38(52)50-17-8-10-33(50)37-45-29-16-15-26(19-30(29)46-37)27-20-42-35(43-21-27)25-13-11-24(12-14-25)31-22-44-36(47-31)32-9-7-18-51(32)39(53)34(23(2)3)49-41(55)57-5/h11-16,19-23,28,32-34H,6-10,17-18H2,1-5H3,(H,44,47)(H,45,46)(H,48,54)(H,49,55)/t28-,32?,33+,34+/m1/s1. The second-order valence-electron chi connectivity index (χ2n) is 14.7. The summed E-state index contributed by atoms with van der Waals surface area (Å²) in [6.45, 7) is 6.81. The Labute approximate surface area is 330 Å². The van der Waals surface area contributed by atoms with E-state index in [-0.39, 0.29) is 29.8 Å². The van der Waals surface area contributed by atoms with Crippen molar-refractivity contribution in [2.45, 2.75) is 77.0 Å².